The Balaban J connectivity index is 1.57. The van der Waals surface area contributed by atoms with Gasteiger partial charge in [0.15, 0.2) is 0 Å². The second kappa shape index (κ2) is 4.49. The van der Waals surface area contributed by atoms with Crippen LogP contribution < -0.4 is 16.2 Å². The lowest BCUT2D eigenvalue weighted by molar-refractivity contribution is -0.107. The van der Waals surface area contributed by atoms with E-state index in [1.807, 2.05) is 18.2 Å². The summed E-state index contributed by atoms with van der Waals surface area (Å²) in [5.41, 5.74) is 12.6. The fraction of sp³-hybridized carbons (Fsp3) is 0.556. The molecule has 4 saturated carbocycles. The monoisotopic (exact) mass is 310 g/mol. The van der Waals surface area contributed by atoms with E-state index < -0.39 is 0 Å². The van der Waals surface area contributed by atoms with Gasteiger partial charge in [-0.2, -0.15) is 4.98 Å². The van der Waals surface area contributed by atoms with Crippen LogP contribution in [-0.2, 0) is 0 Å². The third-order valence-corrected chi connectivity index (χ3v) is 6.04. The van der Waals surface area contributed by atoms with Gasteiger partial charge in [-0.3, -0.25) is 0 Å². The molecule has 5 heteroatoms. The van der Waals surface area contributed by atoms with Crippen molar-refractivity contribution < 1.29 is 4.74 Å². The highest BCUT2D eigenvalue weighted by Crippen LogP contribution is 2.57. The minimum atomic E-state index is -0.00312. The smallest absolute Gasteiger partial charge is 0.222 e. The zero-order valence-corrected chi connectivity index (χ0v) is 13.2. The molecule has 1 heterocycles. The van der Waals surface area contributed by atoms with Gasteiger partial charge in [0.25, 0.3) is 0 Å². The van der Waals surface area contributed by atoms with Crippen LogP contribution in [0.25, 0.3) is 10.9 Å². The first-order valence-electron chi connectivity index (χ1n) is 8.61. The highest BCUT2D eigenvalue weighted by Gasteiger charge is 2.52. The molecule has 120 valence electrons. The van der Waals surface area contributed by atoms with Gasteiger partial charge in [-0.25, -0.2) is 4.98 Å². The molecule has 0 radical (unpaired) electrons. The molecule has 4 bridgehead atoms. The number of aromatic nitrogens is 2. The first-order valence-corrected chi connectivity index (χ1v) is 8.61. The molecule has 23 heavy (non-hydrogen) atoms. The van der Waals surface area contributed by atoms with Crippen molar-refractivity contribution in [2.75, 3.05) is 11.5 Å². The second-order valence-electron chi connectivity index (χ2n) is 7.82. The number of anilines is 2. The molecule has 0 spiro atoms. The summed E-state index contributed by atoms with van der Waals surface area (Å²) in [4.78, 5) is 8.42. The third-order valence-electron chi connectivity index (χ3n) is 6.04. The third kappa shape index (κ3) is 2.06. The van der Waals surface area contributed by atoms with Crippen LogP contribution in [0.4, 0.5) is 11.8 Å². The zero-order chi connectivity index (χ0) is 15.6. The van der Waals surface area contributed by atoms with E-state index in [2.05, 4.69) is 9.97 Å². The molecular weight excluding hydrogens is 288 g/mol. The number of nitrogens with zero attached hydrogens (tertiary/aromatic N) is 2. The van der Waals surface area contributed by atoms with E-state index in [4.69, 9.17) is 16.2 Å². The number of nitrogen functional groups attached to an aromatic ring is 2. The van der Waals surface area contributed by atoms with Crippen molar-refractivity contribution in [3.63, 3.8) is 0 Å². The van der Waals surface area contributed by atoms with Crippen molar-refractivity contribution in [1.29, 1.82) is 0 Å². The average Bonchev–Trinajstić information content (AvgIpc) is 2.44. The SMILES string of the molecule is Nc1nc(N)c2c(OC34CC5CC(CC(C5)C3)C4)cccc2n1. The lowest BCUT2D eigenvalue weighted by Gasteiger charge is -2.56. The Hall–Kier alpha value is -2.04. The number of fused-ring (bicyclic) bond motifs is 1. The Labute approximate surface area is 135 Å². The minimum Gasteiger partial charge on any atom is -0.486 e. The highest BCUT2D eigenvalue weighted by atomic mass is 16.5. The Morgan fingerprint density at radius 2 is 1.61 bits per heavy atom. The van der Waals surface area contributed by atoms with E-state index in [0.29, 0.717) is 5.82 Å². The first kappa shape index (κ1) is 13.4. The summed E-state index contributed by atoms with van der Waals surface area (Å²) >= 11 is 0. The fourth-order valence-corrected chi connectivity index (χ4v) is 5.67. The van der Waals surface area contributed by atoms with Gasteiger partial charge in [0.05, 0.1) is 10.9 Å². The van der Waals surface area contributed by atoms with Crippen molar-refractivity contribution in [2.45, 2.75) is 44.1 Å². The van der Waals surface area contributed by atoms with E-state index in [0.717, 1.165) is 34.4 Å². The van der Waals surface area contributed by atoms with Crippen LogP contribution in [0.2, 0.25) is 0 Å². The van der Waals surface area contributed by atoms with Gasteiger partial charge in [0.2, 0.25) is 5.95 Å². The second-order valence-corrected chi connectivity index (χ2v) is 7.82. The number of ether oxygens (including phenoxy) is 1. The largest absolute Gasteiger partial charge is 0.486 e. The van der Waals surface area contributed by atoms with E-state index >= 15 is 0 Å². The molecule has 0 saturated heterocycles. The van der Waals surface area contributed by atoms with Crippen molar-refractivity contribution in [3.05, 3.63) is 18.2 Å². The fourth-order valence-electron chi connectivity index (χ4n) is 5.67. The average molecular weight is 310 g/mol. The van der Waals surface area contributed by atoms with Crippen LogP contribution >= 0.6 is 0 Å². The van der Waals surface area contributed by atoms with Crippen LogP contribution in [0.1, 0.15) is 38.5 Å². The maximum atomic E-state index is 6.65. The molecule has 1 aromatic carbocycles. The molecule has 4 N–H and O–H groups in total. The molecule has 4 aliphatic rings. The molecule has 0 amide bonds. The lowest BCUT2D eigenvalue weighted by Crippen LogP contribution is -2.53. The molecular formula is C18H22N4O. The number of hydrogen-bond acceptors (Lipinski definition) is 5. The van der Waals surface area contributed by atoms with Crippen LogP contribution in [0.15, 0.2) is 18.2 Å². The number of rotatable bonds is 2. The Morgan fingerprint density at radius 1 is 0.957 bits per heavy atom. The summed E-state index contributed by atoms with van der Waals surface area (Å²) in [5.74, 6) is 3.98. The summed E-state index contributed by atoms with van der Waals surface area (Å²) in [6, 6.07) is 5.87. The summed E-state index contributed by atoms with van der Waals surface area (Å²) in [7, 11) is 0. The molecule has 1 aromatic heterocycles. The summed E-state index contributed by atoms with van der Waals surface area (Å²) in [5, 5.41) is 0.803. The normalized spacial score (nSPS) is 34.9. The van der Waals surface area contributed by atoms with Crippen molar-refractivity contribution in [2.24, 2.45) is 17.8 Å². The number of benzene rings is 1. The van der Waals surface area contributed by atoms with Crippen LogP contribution in [0.5, 0.6) is 5.75 Å². The predicted molar refractivity (Wildman–Crippen MR) is 89.9 cm³/mol. The standard InChI is InChI=1S/C18H22N4O/c19-16-15-13(21-17(20)22-16)2-1-3-14(15)23-18-7-10-4-11(8-18)6-12(5-10)9-18/h1-3,10-12H,4-9H2,(H4,19,20,21,22). The van der Waals surface area contributed by atoms with Crippen molar-refractivity contribution in [1.82, 2.24) is 9.97 Å². The summed E-state index contributed by atoms with van der Waals surface area (Å²) in [6.07, 6.45) is 7.77. The Morgan fingerprint density at radius 3 is 2.26 bits per heavy atom. The zero-order valence-electron chi connectivity index (χ0n) is 13.2. The van der Waals surface area contributed by atoms with Gasteiger partial charge in [-0.15, -0.1) is 0 Å². The van der Waals surface area contributed by atoms with E-state index in [9.17, 15) is 0 Å². The molecule has 2 aromatic rings. The number of nitrogens with two attached hydrogens (primary N) is 2. The van der Waals surface area contributed by atoms with Crippen LogP contribution in [0.3, 0.4) is 0 Å². The van der Waals surface area contributed by atoms with Crippen LogP contribution in [-0.4, -0.2) is 15.6 Å². The van der Waals surface area contributed by atoms with Gasteiger partial charge in [-0.1, -0.05) is 6.07 Å². The van der Waals surface area contributed by atoms with Crippen molar-refractivity contribution >= 4 is 22.7 Å². The Kier molecular flexibility index (Phi) is 2.62. The van der Waals surface area contributed by atoms with E-state index in [-0.39, 0.29) is 11.5 Å². The minimum absolute atomic E-state index is 0.00312. The van der Waals surface area contributed by atoms with Crippen LogP contribution in [0, 0.1) is 17.8 Å². The number of hydrogen-bond donors (Lipinski definition) is 2. The van der Waals surface area contributed by atoms with E-state index in [1.165, 1.54) is 38.5 Å². The molecule has 6 rings (SSSR count). The lowest BCUT2D eigenvalue weighted by atomic mass is 9.54. The van der Waals surface area contributed by atoms with Gasteiger partial charge in [0.1, 0.15) is 17.2 Å². The maximum absolute atomic E-state index is 6.65. The van der Waals surface area contributed by atoms with Gasteiger partial charge < -0.3 is 16.2 Å². The molecule has 0 unspecified atom stereocenters. The molecule has 5 nitrogen and oxygen atoms in total. The van der Waals surface area contributed by atoms with Crippen molar-refractivity contribution in [3.8, 4) is 5.75 Å². The highest BCUT2D eigenvalue weighted by molar-refractivity contribution is 5.94. The van der Waals surface area contributed by atoms with E-state index in [1.54, 1.807) is 0 Å². The van der Waals surface area contributed by atoms with Gasteiger partial charge in [0, 0.05) is 0 Å². The molecule has 0 atom stereocenters. The summed E-state index contributed by atoms with van der Waals surface area (Å²) in [6.45, 7) is 0. The molecule has 4 aliphatic carbocycles. The van der Waals surface area contributed by atoms with Gasteiger partial charge in [-0.05, 0) is 68.4 Å². The molecule has 4 fully saturated rings. The summed E-state index contributed by atoms with van der Waals surface area (Å²) < 4.78 is 6.65. The molecule has 0 aliphatic heterocycles. The Bertz CT molecular complexity index is 753. The topological polar surface area (TPSA) is 87.0 Å². The predicted octanol–water partition coefficient (Wildman–Crippen LogP) is 3.14. The van der Waals surface area contributed by atoms with Gasteiger partial charge >= 0.3 is 0 Å². The quantitative estimate of drug-likeness (QED) is 0.889. The maximum Gasteiger partial charge on any atom is 0.222 e. The first-order chi connectivity index (χ1) is 11.1.